The van der Waals surface area contributed by atoms with Crippen LogP contribution in [-0.4, -0.2) is 105 Å². The Hall–Kier alpha value is -4.21. The number of hydrogen-bond donors (Lipinski definition) is 0. The van der Waals surface area contributed by atoms with Crippen molar-refractivity contribution < 1.29 is 14.4 Å². The zero-order valence-corrected chi connectivity index (χ0v) is 28.5. The standard InChI is InChI=1S/C38H43ClN6O3/c1-26(46)42-14-9-27(10-15-42)37(47)44-16-11-33(12-17-44)43-18-20-45(21-19-43)38(48)31-24-34(28-4-3-5-32(39)23-28)40-35(25-31)29-6-7-36-30(22-29)8-13-41(36)2/h3-8,13,22-25,27,33H,9-12,14-21H2,1-2H3. The number of benzene rings is 2. The number of likely N-dealkylation sites (tertiary alicyclic amines) is 2. The molecule has 0 aliphatic carbocycles. The molecule has 2 aromatic carbocycles. The molecule has 0 bridgehead atoms. The van der Waals surface area contributed by atoms with E-state index in [9.17, 15) is 14.4 Å². The number of nitrogens with zero attached hydrogens (tertiary/aromatic N) is 6. The molecule has 3 fully saturated rings. The number of aromatic nitrogens is 2. The van der Waals surface area contributed by atoms with Crippen molar-refractivity contribution >= 4 is 40.2 Å². The van der Waals surface area contributed by atoms with Crippen molar-refractivity contribution in [2.24, 2.45) is 13.0 Å². The van der Waals surface area contributed by atoms with Gasteiger partial charge in [0.25, 0.3) is 5.91 Å². The van der Waals surface area contributed by atoms with Crippen molar-refractivity contribution in [1.82, 2.24) is 29.2 Å². The highest BCUT2D eigenvalue weighted by molar-refractivity contribution is 6.30. The van der Waals surface area contributed by atoms with E-state index in [-0.39, 0.29) is 23.6 Å². The summed E-state index contributed by atoms with van der Waals surface area (Å²) in [5, 5.41) is 1.75. The second-order valence-corrected chi connectivity index (χ2v) is 13.9. The molecule has 0 radical (unpaired) electrons. The highest BCUT2D eigenvalue weighted by atomic mass is 35.5. The molecule has 3 aliphatic rings. The highest BCUT2D eigenvalue weighted by Crippen LogP contribution is 2.30. The van der Waals surface area contributed by atoms with E-state index < -0.39 is 0 Å². The van der Waals surface area contributed by atoms with Gasteiger partial charge < -0.3 is 19.3 Å². The van der Waals surface area contributed by atoms with E-state index in [4.69, 9.17) is 16.6 Å². The smallest absolute Gasteiger partial charge is 0.254 e. The Morgan fingerprint density at radius 2 is 1.40 bits per heavy atom. The molecule has 48 heavy (non-hydrogen) atoms. The Morgan fingerprint density at radius 1 is 0.729 bits per heavy atom. The first-order valence-electron chi connectivity index (χ1n) is 17.1. The van der Waals surface area contributed by atoms with E-state index in [1.165, 1.54) is 0 Å². The van der Waals surface area contributed by atoms with Crippen LogP contribution in [0.5, 0.6) is 0 Å². The third-order valence-electron chi connectivity index (χ3n) is 10.6. The van der Waals surface area contributed by atoms with E-state index >= 15 is 0 Å². The maximum Gasteiger partial charge on any atom is 0.254 e. The predicted octanol–water partition coefficient (Wildman–Crippen LogP) is 5.57. The number of fused-ring (bicyclic) bond motifs is 1. The molecular weight excluding hydrogens is 624 g/mol. The van der Waals surface area contributed by atoms with Gasteiger partial charge in [0.2, 0.25) is 11.8 Å². The van der Waals surface area contributed by atoms with Crippen molar-refractivity contribution in [2.75, 3.05) is 52.4 Å². The van der Waals surface area contributed by atoms with Gasteiger partial charge in [0, 0.05) is 117 Å². The van der Waals surface area contributed by atoms with Gasteiger partial charge in [-0.25, -0.2) is 4.98 Å². The summed E-state index contributed by atoms with van der Waals surface area (Å²) in [6, 6.07) is 20.2. The molecule has 10 heteroatoms. The predicted molar refractivity (Wildman–Crippen MR) is 189 cm³/mol. The molecule has 0 atom stereocenters. The lowest BCUT2D eigenvalue weighted by Gasteiger charge is -2.43. The van der Waals surface area contributed by atoms with Crippen molar-refractivity contribution in [3.05, 3.63) is 77.4 Å². The van der Waals surface area contributed by atoms with E-state index in [1.807, 2.05) is 64.3 Å². The van der Waals surface area contributed by atoms with Gasteiger partial charge in [-0.3, -0.25) is 19.3 Å². The summed E-state index contributed by atoms with van der Waals surface area (Å²) in [4.78, 5) is 52.3. The van der Waals surface area contributed by atoms with Crippen LogP contribution in [0.25, 0.3) is 33.4 Å². The number of hydrogen-bond acceptors (Lipinski definition) is 5. The molecule has 0 saturated carbocycles. The van der Waals surface area contributed by atoms with Crippen LogP contribution in [0.3, 0.4) is 0 Å². The summed E-state index contributed by atoms with van der Waals surface area (Å²) in [6.07, 6.45) is 5.47. The number of aryl methyl sites for hydroxylation is 1. The Kier molecular flexibility index (Phi) is 9.25. The first kappa shape index (κ1) is 32.3. The maximum atomic E-state index is 14.0. The number of piperidine rings is 2. The van der Waals surface area contributed by atoms with E-state index in [1.54, 1.807) is 6.92 Å². The number of amides is 3. The molecule has 9 nitrogen and oxygen atoms in total. The van der Waals surface area contributed by atoms with Crippen LogP contribution in [0.2, 0.25) is 5.02 Å². The lowest BCUT2D eigenvalue weighted by molar-refractivity contribution is -0.141. The fraction of sp³-hybridized carbons (Fsp3) is 0.421. The summed E-state index contributed by atoms with van der Waals surface area (Å²) in [5.41, 5.74) is 5.07. The van der Waals surface area contributed by atoms with Gasteiger partial charge in [0.05, 0.1) is 11.4 Å². The molecule has 2 aromatic heterocycles. The van der Waals surface area contributed by atoms with Gasteiger partial charge in [-0.05, 0) is 68.1 Å². The van der Waals surface area contributed by atoms with E-state index in [0.29, 0.717) is 42.8 Å². The number of carbonyl (C=O) groups is 3. The molecule has 0 spiro atoms. The molecule has 250 valence electrons. The van der Waals surface area contributed by atoms with Gasteiger partial charge in [-0.2, -0.15) is 0 Å². The lowest BCUT2D eigenvalue weighted by Crippen LogP contribution is -2.55. The van der Waals surface area contributed by atoms with Gasteiger partial charge in [-0.15, -0.1) is 0 Å². The SMILES string of the molecule is CC(=O)N1CCC(C(=O)N2CCC(N3CCN(C(=O)c4cc(-c5cccc(Cl)c5)nc(-c5ccc6c(ccn6C)c5)c4)CC3)CC2)CC1. The molecule has 7 rings (SSSR count). The Balaban J connectivity index is 1.01. The summed E-state index contributed by atoms with van der Waals surface area (Å²) < 4.78 is 2.09. The molecule has 4 aromatic rings. The van der Waals surface area contributed by atoms with Crippen LogP contribution >= 0.6 is 11.6 Å². The zero-order valence-electron chi connectivity index (χ0n) is 27.8. The third kappa shape index (κ3) is 6.71. The third-order valence-corrected chi connectivity index (χ3v) is 10.8. The minimum Gasteiger partial charge on any atom is -0.351 e. The minimum absolute atomic E-state index is 0.0126. The normalized spacial score (nSPS) is 18.4. The quantitative estimate of drug-likeness (QED) is 0.278. The average molecular weight is 667 g/mol. The largest absolute Gasteiger partial charge is 0.351 e. The van der Waals surface area contributed by atoms with Crippen LogP contribution in [0.1, 0.15) is 43.0 Å². The Labute approximate surface area is 287 Å². The fourth-order valence-corrected chi connectivity index (χ4v) is 7.85. The second-order valence-electron chi connectivity index (χ2n) is 13.5. The summed E-state index contributed by atoms with van der Waals surface area (Å²) in [6.45, 7) is 7.46. The summed E-state index contributed by atoms with van der Waals surface area (Å²) >= 11 is 6.35. The van der Waals surface area contributed by atoms with Crippen LogP contribution in [0.4, 0.5) is 0 Å². The van der Waals surface area contributed by atoms with Crippen LogP contribution in [0.15, 0.2) is 66.9 Å². The average Bonchev–Trinajstić information content (AvgIpc) is 3.50. The highest BCUT2D eigenvalue weighted by Gasteiger charge is 2.34. The Bertz CT molecular complexity index is 1830. The van der Waals surface area contributed by atoms with Gasteiger partial charge in [0.15, 0.2) is 0 Å². The van der Waals surface area contributed by atoms with E-state index in [2.05, 4.69) is 33.7 Å². The van der Waals surface area contributed by atoms with E-state index in [0.717, 1.165) is 85.3 Å². The molecule has 3 amide bonds. The molecular formula is C38H43ClN6O3. The van der Waals surface area contributed by atoms with Gasteiger partial charge in [0.1, 0.15) is 0 Å². The molecule has 5 heterocycles. The van der Waals surface area contributed by atoms with Crippen molar-refractivity contribution in [1.29, 1.82) is 0 Å². The van der Waals surface area contributed by atoms with Crippen molar-refractivity contribution in [3.8, 4) is 22.5 Å². The molecule has 3 saturated heterocycles. The van der Waals surface area contributed by atoms with Gasteiger partial charge >= 0.3 is 0 Å². The number of carbonyl (C=O) groups excluding carboxylic acids is 3. The summed E-state index contributed by atoms with van der Waals surface area (Å²) in [5.74, 6) is 0.390. The van der Waals surface area contributed by atoms with Crippen molar-refractivity contribution in [2.45, 2.75) is 38.6 Å². The van der Waals surface area contributed by atoms with Crippen LogP contribution in [0, 0.1) is 5.92 Å². The first-order chi connectivity index (χ1) is 23.2. The van der Waals surface area contributed by atoms with Crippen LogP contribution < -0.4 is 0 Å². The number of halogens is 1. The number of rotatable bonds is 5. The number of pyridine rings is 1. The minimum atomic E-state index is 0.0126. The molecule has 3 aliphatic heterocycles. The first-order valence-corrected chi connectivity index (χ1v) is 17.5. The molecule has 0 unspecified atom stereocenters. The van der Waals surface area contributed by atoms with Gasteiger partial charge in [-0.1, -0.05) is 29.8 Å². The van der Waals surface area contributed by atoms with Crippen molar-refractivity contribution in [3.63, 3.8) is 0 Å². The number of piperazine rings is 1. The molecule has 0 N–H and O–H groups in total. The maximum absolute atomic E-state index is 14.0. The lowest BCUT2D eigenvalue weighted by atomic mass is 9.93. The Morgan fingerprint density at radius 3 is 2.06 bits per heavy atom. The van der Waals surface area contributed by atoms with Crippen LogP contribution in [-0.2, 0) is 16.6 Å². The zero-order chi connectivity index (χ0) is 33.4. The fourth-order valence-electron chi connectivity index (χ4n) is 7.66. The monoisotopic (exact) mass is 666 g/mol. The summed E-state index contributed by atoms with van der Waals surface area (Å²) in [7, 11) is 2.03. The topological polar surface area (TPSA) is 82.0 Å². The second kappa shape index (κ2) is 13.7.